The van der Waals surface area contributed by atoms with Gasteiger partial charge in [-0.3, -0.25) is 9.78 Å². The SMILES string of the molecule is O=C1NCc2cc(-n3ncc4cnccc43)ccc21. The molecule has 1 N–H and O–H groups in total. The zero-order chi connectivity index (χ0) is 12.8. The number of fused-ring (bicyclic) bond motifs is 2. The summed E-state index contributed by atoms with van der Waals surface area (Å²) < 4.78 is 1.86. The highest BCUT2D eigenvalue weighted by Gasteiger charge is 2.19. The van der Waals surface area contributed by atoms with E-state index in [4.69, 9.17) is 0 Å². The van der Waals surface area contributed by atoms with Crippen LogP contribution < -0.4 is 5.32 Å². The Morgan fingerprint density at radius 3 is 3.11 bits per heavy atom. The molecule has 2 aromatic heterocycles. The van der Waals surface area contributed by atoms with Crippen molar-refractivity contribution in [3.63, 3.8) is 0 Å². The molecule has 0 radical (unpaired) electrons. The monoisotopic (exact) mass is 250 g/mol. The van der Waals surface area contributed by atoms with Crippen LogP contribution in [0.15, 0.2) is 42.9 Å². The maximum atomic E-state index is 11.5. The number of amides is 1. The van der Waals surface area contributed by atoms with Crippen molar-refractivity contribution in [2.75, 3.05) is 0 Å². The van der Waals surface area contributed by atoms with Gasteiger partial charge in [0.25, 0.3) is 5.91 Å². The Kier molecular flexibility index (Phi) is 1.97. The number of benzene rings is 1. The predicted octanol–water partition coefficient (Wildman–Crippen LogP) is 1.66. The minimum absolute atomic E-state index is 0.00364. The van der Waals surface area contributed by atoms with Gasteiger partial charge >= 0.3 is 0 Å². The van der Waals surface area contributed by atoms with Gasteiger partial charge in [-0.15, -0.1) is 0 Å². The van der Waals surface area contributed by atoms with Gasteiger partial charge in [0.05, 0.1) is 17.4 Å². The van der Waals surface area contributed by atoms with Gasteiger partial charge < -0.3 is 5.32 Å². The van der Waals surface area contributed by atoms with Gasteiger partial charge in [-0.25, -0.2) is 4.68 Å². The molecule has 1 aliphatic rings. The van der Waals surface area contributed by atoms with E-state index in [0.717, 1.165) is 27.7 Å². The summed E-state index contributed by atoms with van der Waals surface area (Å²) in [5, 5.41) is 8.19. The summed E-state index contributed by atoms with van der Waals surface area (Å²) in [4.78, 5) is 15.6. The van der Waals surface area contributed by atoms with E-state index in [-0.39, 0.29) is 5.91 Å². The van der Waals surface area contributed by atoms with E-state index in [9.17, 15) is 4.79 Å². The standard InChI is InChI=1S/C14H10N4O/c19-14-12-2-1-11(5-9(12)7-16-14)18-13-3-4-15-6-10(13)8-17-18/h1-6,8H,7H2,(H,16,19). The third-order valence-electron chi connectivity index (χ3n) is 3.39. The fourth-order valence-corrected chi connectivity index (χ4v) is 2.43. The molecule has 0 bridgehead atoms. The van der Waals surface area contributed by atoms with E-state index in [1.807, 2.05) is 28.9 Å². The Hall–Kier alpha value is -2.69. The van der Waals surface area contributed by atoms with Crippen molar-refractivity contribution < 1.29 is 4.79 Å². The van der Waals surface area contributed by atoms with Crippen molar-refractivity contribution in [1.29, 1.82) is 0 Å². The van der Waals surface area contributed by atoms with E-state index in [1.54, 1.807) is 18.6 Å². The second kappa shape index (κ2) is 3.65. The molecule has 1 aromatic carbocycles. The van der Waals surface area contributed by atoms with E-state index < -0.39 is 0 Å². The average Bonchev–Trinajstić information content (AvgIpc) is 3.03. The molecule has 1 aliphatic heterocycles. The third kappa shape index (κ3) is 1.45. The zero-order valence-electron chi connectivity index (χ0n) is 10.00. The highest BCUT2D eigenvalue weighted by molar-refractivity contribution is 5.98. The van der Waals surface area contributed by atoms with Gasteiger partial charge in [-0.05, 0) is 29.8 Å². The summed E-state index contributed by atoms with van der Waals surface area (Å²) in [7, 11) is 0. The molecule has 0 fully saturated rings. The number of nitrogens with zero attached hydrogens (tertiary/aromatic N) is 3. The van der Waals surface area contributed by atoms with Crippen LogP contribution in [-0.2, 0) is 6.54 Å². The normalized spacial score (nSPS) is 13.6. The molecule has 5 heteroatoms. The van der Waals surface area contributed by atoms with Crippen molar-refractivity contribution in [2.45, 2.75) is 6.54 Å². The Bertz CT molecular complexity index is 806. The number of nitrogens with one attached hydrogen (secondary N) is 1. The number of hydrogen-bond acceptors (Lipinski definition) is 3. The van der Waals surface area contributed by atoms with E-state index >= 15 is 0 Å². The Labute approximate surface area is 108 Å². The molecule has 19 heavy (non-hydrogen) atoms. The number of rotatable bonds is 1. The van der Waals surface area contributed by atoms with Gasteiger partial charge in [0.1, 0.15) is 0 Å². The second-order valence-corrected chi connectivity index (χ2v) is 4.51. The summed E-state index contributed by atoms with van der Waals surface area (Å²) in [5.74, 6) is -0.00364. The van der Waals surface area contributed by atoms with Crippen LogP contribution in [0.2, 0.25) is 0 Å². The highest BCUT2D eigenvalue weighted by atomic mass is 16.1. The average molecular weight is 250 g/mol. The van der Waals surface area contributed by atoms with Crippen LogP contribution in [0.1, 0.15) is 15.9 Å². The van der Waals surface area contributed by atoms with E-state index in [0.29, 0.717) is 6.54 Å². The molecule has 0 spiro atoms. The molecular formula is C14H10N4O. The molecule has 4 rings (SSSR count). The Morgan fingerprint density at radius 2 is 2.16 bits per heavy atom. The molecule has 3 heterocycles. The smallest absolute Gasteiger partial charge is 0.251 e. The van der Waals surface area contributed by atoms with Crippen LogP contribution >= 0.6 is 0 Å². The lowest BCUT2D eigenvalue weighted by atomic mass is 10.1. The van der Waals surface area contributed by atoms with Crippen molar-refractivity contribution in [1.82, 2.24) is 20.1 Å². The molecule has 92 valence electrons. The fraction of sp³-hybridized carbons (Fsp3) is 0.0714. The molecule has 0 saturated heterocycles. The third-order valence-corrected chi connectivity index (χ3v) is 3.39. The van der Waals surface area contributed by atoms with Gasteiger partial charge in [0.2, 0.25) is 0 Å². The first-order valence-corrected chi connectivity index (χ1v) is 6.02. The maximum absolute atomic E-state index is 11.5. The second-order valence-electron chi connectivity index (χ2n) is 4.51. The van der Waals surface area contributed by atoms with E-state index in [1.165, 1.54) is 0 Å². The van der Waals surface area contributed by atoms with Crippen LogP contribution in [0.5, 0.6) is 0 Å². The molecule has 0 aliphatic carbocycles. The van der Waals surface area contributed by atoms with Crippen LogP contribution in [0.4, 0.5) is 0 Å². The lowest BCUT2D eigenvalue weighted by Gasteiger charge is -2.05. The highest BCUT2D eigenvalue weighted by Crippen LogP contribution is 2.22. The molecular weight excluding hydrogens is 240 g/mol. The summed E-state index contributed by atoms with van der Waals surface area (Å²) in [6.07, 6.45) is 5.33. The van der Waals surface area contributed by atoms with Crippen LogP contribution in [0.25, 0.3) is 16.6 Å². The quantitative estimate of drug-likeness (QED) is 0.714. The van der Waals surface area contributed by atoms with Crippen molar-refractivity contribution >= 4 is 16.8 Å². The van der Waals surface area contributed by atoms with E-state index in [2.05, 4.69) is 15.4 Å². The zero-order valence-corrected chi connectivity index (χ0v) is 10.00. The van der Waals surface area contributed by atoms with Gasteiger partial charge in [-0.2, -0.15) is 5.10 Å². The van der Waals surface area contributed by atoms with Crippen LogP contribution in [0.3, 0.4) is 0 Å². The number of carbonyl (C=O) groups excluding carboxylic acids is 1. The van der Waals surface area contributed by atoms with Gasteiger partial charge in [0, 0.05) is 29.9 Å². The largest absolute Gasteiger partial charge is 0.348 e. The summed E-state index contributed by atoms with van der Waals surface area (Å²) in [6, 6.07) is 7.69. The summed E-state index contributed by atoms with van der Waals surface area (Å²) in [6.45, 7) is 0.586. The van der Waals surface area contributed by atoms with Crippen molar-refractivity contribution in [2.24, 2.45) is 0 Å². The van der Waals surface area contributed by atoms with Crippen molar-refractivity contribution in [3.05, 3.63) is 54.0 Å². The maximum Gasteiger partial charge on any atom is 0.251 e. The lowest BCUT2D eigenvalue weighted by molar-refractivity contribution is 0.0966. The van der Waals surface area contributed by atoms with Crippen LogP contribution in [-0.4, -0.2) is 20.7 Å². The molecule has 0 atom stereocenters. The number of carbonyl (C=O) groups is 1. The lowest BCUT2D eigenvalue weighted by Crippen LogP contribution is -2.12. The topological polar surface area (TPSA) is 59.8 Å². The minimum atomic E-state index is -0.00364. The Balaban J connectivity index is 1.91. The van der Waals surface area contributed by atoms with Crippen LogP contribution in [0, 0.1) is 0 Å². The first-order chi connectivity index (χ1) is 9.33. The summed E-state index contributed by atoms with van der Waals surface area (Å²) >= 11 is 0. The molecule has 5 nitrogen and oxygen atoms in total. The first-order valence-electron chi connectivity index (χ1n) is 6.02. The molecule has 1 amide bonds. The minimum Gasteiger partial charge on any atom is -0.348 e. The number of aromatic nitrogens is 3. The number of hydrogen-bond donors (Lipinski definition) is 1. The van der Waals surface area contributed by atoms with Gasteiger partial charge in [0.15, 0.2) is 0 Å². The molecule has 0 unspecified atom stereocenters. The van der Waals surface area contributed by atoms with Crippen molar-refractivity contribution in [3.8, 4) is 5.69 Å². The first kappa shape index (κ1) is 10.3. The fourth-order valence-electron chi connectivity index (χ4n) is 2.43. The predicted molar refractivity (Wildman–Crippen MR) is 70.0 cm³/mol. The Morgan fingerprint density at radius 1 is 1.21 bits per heavy atom. The number of pyridine rings is 1. The summed E-state index contributed by atoms with van der Waals surface area (Å²) in [5.41, 5.74) is 3.73. The van der Waals surface area contributed by atoms with Gasteiger partial charge in [-0.1, -0.05) is 0 Å². The molecule has 0 saturated carbocycles. The molecule has 3 aromatic rings.